The van der Waals surface area contributed by atoms with Crippen molar-refractivity contribution in [3.05, 3.63) is 76.3 Å². The molecular weight excluding hydrogens is 338 g/mol. The van der Waals surface area contributed by atoms with Crippen molar-refractivity contribution in [1.29, 1.82) is 0 Å². The van der Waals surface area contributed by atoms with E-state index >= 15 is 0 Å². The van der Waals surface area contributed by atoms with Gasteiger partial charge in [0.25, 0.3) is 5.91 Å². The number of hydrogen-bond donors (Lipinski definition) is 1. The Balaban J connectivity index is 1.81. The summed E-state index contributed by atoms with van der Waals surface area (Å²) >= 11 is 6.09. The maximum Gasteiger partial charge on any atom is 0.331 e. The van der Waals surface area contributed by atoms with E-state index in [0.29, 0.717) is 5.02 Å². The van der Waals surface area contributed by atoms with Gasteiger partial charge in [0.05, 0.1) is 6.04 Å². The Labute approximate surface area is 152 Å². The molecule has 130 valence electrons. The number of hydrogen-bond acceptors (Lipinski definition) is 3. The molecule has 1 N–H and O–H groups in total. The molecule has 0 heterocycles. The normalized spacial score (nSPS) is 12.0. The van der Waals surface area contributed by atoms with Crippen molar-refractivity contribution in [2.45, 2.75) is 19.9 Å². The molecule has 0 unspecified atom stereocenters. The summed E-state index contributed by atoms with van der Waals surface area (Å²) < 4.78 is 4.95. The molecule has 1 atom stereocenters. The second kappa shape index (κ2) is 9.04. The lowest BCUT2D eigenvalue weighted by Crippen LogP contribution is -2.31. The highest BCUT2D eigenvalue weighted by Crippen LogP contribution is 2.21. The molecule has 0 saturated heterocycles. The number of benzene rings is 2. The summed E-state index contributed by atoms with van der Waals surface area (Å²) in [6, 6.07) is 14.7. The summed E-state index contributed by atoms with van der Waals surface area (Å²) in [6.07, 6.45) is 2.96. The van der Waals surface area contributed by atoms with E-state index in [-0.39, 0.29) is 18.6 Å². The first-order valence-corrected chi connectivity index (χ1v) is 8.29. The molecule has 0 aromatic heterocycles. The zero-order valence-corrected chi connectivity index (χ0v) is 14.9. The molecule has 0 radical (unpaired) electrons. The van der Waals surface area contributed by atoms with Crippen LogP contribution in [0.4, 0.5) is 0 Å². The summed E-state index contributed by atoms with van der Waals surface area (Å²) in [7, 11) is 0. The smallest absolute Gasteiger partial charge is 0.331 e. The Hall–Kier alpha value is -2.59. The Morgan fingerprint density at radius 3 is 2.68 bits per heavy atom. The first-order chi connectivity index (χ1) is 12.0. The second-order valence-corrected chi connectivity index (χ2v) is 6.07. The van der Waals surface area contributed by atoms with Gasteiger partial charge < -0.3 is 10.1 Å². The molecule has 5 heteroatoms. The zero-order valence-electron chi connectivity index (χ0n) is 14.2. The molecule has 2 aromatic rings. The van der Waals surface area contributed by atoms with Crippen molar-refractivity contribution in [2.24, 2.45) is 0 Å². The van der Waals surface area contributed by atoms with Crippen LogP contribution in [0.5, 0.6) is 0 Å². The molecule has 0 aliphatic rings. The summed E-state index contributed by atoms with van der Waals surface area (Å²) in [4.78, 5) is 23.6. The van der Waals surface area contributed by atoms with Crippen LogP contribution in [0.25, 0.3) is 6.08 Å². The minimum Gasteiger partial charge on any atom is -0.452 e. The van der Waals surface area contributed by atoms with Gasteiger partial charge >= 0.3 is 5.97 Å². The number of nitrogens with one attached hydrogen (secondary N) is 1. The van der Waals surface area contributed by atoms with E-state index in [4.69, 9.17) is 16.3 Å². The Kier molecular flexibility index (Phi) is 6.78. The van der Waals surface area contributed by atoms with Crippen LogP contribution in [0.1, 0.15) is 29.7 Å². The number of aryl methyl sites for hydroxylation is 1. The largest absolute Gasteiger partial charge is 0.452 e. The number of esters is 1. The lowest BCUT2D eigenvalue weighted by atomic mass is 10.1. The maximum absolute atomic E-state index is 11.9. The van der Waals surface area contributed by atoms with E-state index in [2.05, 4.69) is 5.32 Å². The fourth-order valence-corrected chi connectivity index (χ4v) is 2.61. The standard InChI is InChI=1S/C20H20ClNO3/c1-14-6-5-7-16(12-14)10-11-20(24)25-13-19(23)22-15(2)17-8-3-4-9-18(17)21/h3-12,15H,13H2,1-2H3,(H,22,23)/b11-10+/t15-/m0/s1. The number of rotatable bonds is 6. The minimum atomic E-state index is -0.568. The molecule has 0 aliphatic carbocycles. The SMILES string of the molecule is Cc1cccc(/C=C/C(=O)OCC(=O)N[C@@H](C)c2ccccc2Cl)c1. The van der Waals surface area contributed by atoms with Gasteiger partial charge in [-0.1, -0.05) is 59.6 Å². The number of ether oxygens (including phenoxy) is 1. The summed E-state index contributed by atoms with van der Waals surface area (Å²) in [5, 5.41) is 3.33. The van der Waals surface area contributed by atoms with Crippen LogP contribution < -0.4 is 5.32 Å². The first-order valence-electron chi connectivity index (χ1n) is 7.91. The molecule has 0 aliphatic heterocycles. The van der Waals surface area contributed by atoms with Crippen LogP contribution in [0.2, 0.25) is 5.02 Å². The van der Waals surface area contributed by atoms with Crippen LogP contribution in [0, 0.1) is 6.92 Å². The number of carbonyl (C=O) groups excluding carboxylic acids is 2. The second-order valence-electron chi connectivity index (χ2n) is 5.67. The lowest BCUT2D eigenvalue weighted by Gasteiger charge is -2.15. The van der Waals surface area contributed by atoms with Gasteiger partial charge in [-0.3, -0.25) is 4.79 Å². The van der Waals surface area contributed by atoms with Crippen molar-refractivity contribution in [2.75, 3.05) is 6.61 Å². The predicted molar refractivity (Wildman–Crippen MR) is 99.2 cm³/mol. The van der Waals surface area contributed by atoms with Crippen LogP contribution in [0.3, 0.4) is 0 Å². The third-order valence-electron chi connectivity index (χ3n) is 3.55. The zero-order chi connectivity index (χ0) is 18.2. The predicted octanol–water partition coefficient (Wildman–Crippen LogP) is 4.08. The van der Waals surface area contributed by atoms with Gasteiger partial charge in [0, 0.05) is 11.1 Å². The van der Waals surface area contributed by atoms with E-state index < -0.39 is 5.97 Å². The lowest BCUT2D eigenvalue weighted by molar-refractivity contribution is -0.144. The Morgan fingerprint density at radius 1 is 1.20 bits per heavy atom. The van der Waals surface area contributed by atoms with Gasteiger partial charge in [-0.25, -0.2) is 4.79 Å². The Morgan fingerprint density at radius 2 is 1.96 bits per heavy atom. The summed E-state index contributed by atoms with van der Waals surface area (Å²) in [5.41, 5.74) is 2.81. The van der Waals surface area contributed by atoms with Crippen LogP contribution in [-0.4, -0.2) is 18.5 Å². The van der Waals surface area contributed by atoms with Crippen molar-refractivity contribution in [3.8, 4) is 0 Å². The van der Waals surface area contributed by atoms with Gasteiger partial charge in [-0.15, -0.1) is 0 Å². The highest BCUT2D eigenvalue weighted by Gasteiger charge is 2.13. The van der Waals surface area contributed by atoms with Crippen molar-refractivity contribution < 1.29 is 14.3 Å². The molecule has 25 heavy (non-hydrogen) atoms. The number of carbonyl (C=O) groups is 2. The highest BCUT2D eigenvalue weighted by atomic mass is 35.5. The maximum atomic E-state index is 11.9. The van der Waals surface area contributed by atoms with Crippen molar-refractivity contribution >= 4 is 29.6 Å². The van der Waals surface area contributed by atoms with E-state index in [9.17, 15) is 9.59 Å². The van der Waals surface area contributed by atoms with Gasteiger partial charge in [-0.2, -0.15) is 0 Å². The van der Waals surface area contributed by atoms with Crippen molar-refractivity contribution in [3.63, 3.8) is 0 Å². The number of halogens is 1. The quantitative estimate of drug-likeness (QED) is 0.626. The van der Waals surface area contributed by atoms with Gasteiger partial charge in [0.2, 0.25) is 0 Å². The molecular formula is C20H20ClNO3. The molecule has 0 fully saturated rings. The monoisotopic (exact) mass is 357 g/mol. The Bertz CT molecular complexity index is 786. The summed E-state index contributed by atoms with van der Waals surface area (Å²) in [5.74, 6) is -0.952. The average Bonchev–Trinajstić information content (AvgIpc) is 2.58. The highest BCUT2D eigenvalue weighted by molar-refractivity contribution is 6.31. The molecule has 1 amide bonds. The third kappa shape index (κ3) is 6.08. The van der Waals surface area contributed by atoms with Crippen LogP contribution >= 0.6 is 11.6 Å². The van der Waals surface area contributed by atoms with E-state index in [0.717, 1.165) is 16.7 Å². The average molecular weight is 358 g/mol. The third-order valence-corrected chi connectivity index (χ3v) is 3.89. The van der Waals surface area contributed by atoms with Gasteiger partial charge in [0.15, 0.2) is 6.61 Å². The molecule has 2 rings (SSSR count). The first kappa shape index (κ1) is 18.7. The van der Waals surface area contributed by atoms with Gasteiger partial charge in [-0.05, 0) is 37.1 Å². The molecule has 0 spiro atoms. The van der Waals surface area contributed by atoms with Crippen molar-refractivity contribution in [1.82, 2.24) is 5.32 Å². The van der Waals surface area contributed by atoms with E-state index in [1.807, 2.05) is 56.3 Å². The fraction of sp³-hybridized carbons (Fsp3) is 0.200. The molecule has 4 nitrogen and oxygen atoms in total. The van der Waals surface area contributed by atoms with E-state index in [1.165, 1.54) is 6.08 Å². The fourth-order valence-electron chi connectivity index (χ4n) is 2.31. The minimum absolute atomic E-state index is 0.275. The number of amides is 1. The molecule has 0 bridgehead atoms. The van der Waals surface area contributed by atoms with Crippen LogP contribution in [-0.2, 0) is 14.3 Å². The van der Waals surface area contributed by atoms with Crippen LogP contribution in [0.15, 0.2) is 54.6 Å². The molecule has 2 aromatic carbocycles. The van der Waals surface area contributed by atoms with Gasteiger partial charge in [0.1, 0.15) is 0 Å². The molecule has 0 saturated carbocycles. The van der Waals surface area contributed by atoms with E-state index in [1.54, 1.807) is 12.1 Å². The topological polar surface area (TPSA) is 55.4 Å². The summed E-state index contributed by atoms with van der Waals surface area (Å²) in [6.45, 7) is 3.45.